The molecule has 1 N–H and O–H groups in total. The molecule has 0 spiro atoms. The second-order valence-electron chi connectivity index (χ2n) is 7.41. The lowest BCUT2D eigenvalue weighted by Gasteiger charge is -2.35. The molecule has 0 unspecified atom stereocenters. The maximum Gasteiger partial charge on any atom is 0.310 e. The van der Waals surface area contributed by atoms with Gasteiger partial charge in [0.2, 0.25) is 5.91 Å². The molecule has 0 atom stereocenters. The number of carbonyl (C=O) groups excluding carboxylic acids is 1. The topological polar surface area (TPSA) is 57.6 Å². The van der Waals surface area contributed by atoms with E-state index in [1.165, 1.54) is 0 Å². The minimum atomic E-state index is -0.818. The molecule has 122 valence electrons. The van der Waals surface area contributed by atoms with E-state index in [2.05, 4.69) is 27.7 Å². The summed E-state index contributed by atoms with van der Waals surface area (Å²) < 4.78 is 0. The van der Waals surface area contributed by atoms with Crippen LogP contribution in [0.1, 0.15) is 66.2 Å². The molecular weight excluding hydrogens is 266 g/mol. The molecule has 1 aliphatic rings. The highest BCUT2D eigenvalue weighted by Crippen LogP contribution is 2.40. The lowest BCUT2D eigenvalue weighted by Crippen LogP contribution is -2.43. The molecular formula is C17H31NO3. The summed E-state index contributed by atoms with van der Waals surface area (Å²) in [5.74, 6) is 0.0333. The van der Waals surface area contributed by atoms with Gasteiger partial charge < -0.3 is 10.0 Å². The number of amides is 1. The monoisotopic (exact) mass is 297 g/mol. The van der Waals surface area contributed by atoms with Gasteiger partial charge in [0.25, 0.3) is 0 Å². The number of aliphatic carboxylic acids is 1. The van der Waals surface area contributed by atoms with Crippen LogP contribution in [0.2, 0.25) is 0 Å². The van der Waals surface area contributed by atoms with Crippen molar-refractivity contribution >= 4 is 11.9 Å². The third-order valence-corrected chi connectivity index (χ3v) is 4.28. The summed E-state index contributed by atoms with van der Waals surface area (Å²) >= 11 is 0. The number of hydrogen-bond donors (Lipinski definition) is 1. The van der Waals surface area contributed by atoms with Gasteiger partial charge in [-0.05, 0) is 24.7 Å². The fourth-order valence-electron chi connectivity index (χ4n) is 3.26. The van der Waals surface area contributed by atoms with E-state index in [0.717, 1.165) is 19.3 Å². The minimum Gasteiger partial charge on any atom is -0.481 e. The summed E-state index contributed by atoms with van der Waals surface area (Å²) in [7, 11) is 0. The van der Waals surface area contributed by atoms with Crippen molar-refractivity contribution in [3.05, 3.63) is 0 Å². The van der Waals surface area contributed by atoms with Crippen LogP contribution in [-0.4, -0.2) is 35.0 Å². The molecule has 0 heterocycles. The van der Waals surface area contributed by atoms with Crippen LogP contribution in [0, 0.1) is 17.3 Å². The van der Waals surface area contributed by atoms with E-state index in [0.29, 0.717) is 37.8 Å². The molecule has 0 saturated heterocycles. The zero-order valence-electron chi connectivity index (χ0n) is 14.0. The van der Waals surface area contributed by atoms with Crippen LogP contribution in [-0.2, 0) is 9.59 Å². The molecule has 1 saturated carbocycles. The highest BCUT2D eigenvalue weighted by molar-refractivity contribution is 5.85. The highest BCUT2D eigenvalue weighted by atomic mass is 16.4. The number of nitrogens with zero attached hydrogens (tertiary/aromatic N) is 1. The van der Waals surface area contributed by atoms with E-state index in [1.54, 1.807) is 0 Å². The zero-order chi connectivity index (χ0) is 16.0. The summed E-state index contributed by atoms with van der Waals surface area (Å²) in [5.41, 5.74) is -0.818. The number of carboxylic acid groups (broad SMARTS) is 1. The quantitative estimate of drug-likeness (QED) is 0.781. The van der Waals surface area contributed by atoms with Gasteiger partial charge in [-0.25, -0.2) is 0 Å². The lowest BCUT2D eigenvalue weighted by atomic mass is 9.71. The number of carboxylic acids is 1. The Morgan fingerprint density at radius 3 is 1.86 bits per heavy atom. The van der Waals surface area contributed by atoms with Crippen LogP contribution in [0.4, 0.5) is 0 Å². The molecule has 1 rings (SSSR count). The predicted octanol–water partition coefficient (Wildman–Crippen LogP) is 3.55. The van der Waals surface area contributed by atoms with Gasteiger partial charge in [-0.3, -0.25) is 9.59 Å². The molecule has 21 heavy (non-hydrogen) atoms. The molecule has 1 fully saturated rings. The van der Waals surface area contributed by atoms with Crippen molar-refractivity contribution in [1.82, 2.24) is 4.90 Å². The van der Waals surface area contributed by atoms with Crippen molar-refractivity contribution in [3.63, 3.8) is 0 Å². The van der Waals surface area contributed by atoms with E-state index in [4.69, 9.17) is 0 Å². The standard InChI is InChI=1S/C17H31NO3/c1-13(2)11-18(12-14(3)4)15(19)10-17(16(20)21)8-6-5-7-9-17/h13-14H,5-12H2,1-4H3,(H,20,21). The summed E-state index contributed by atoms with van der Waals surface area (Å²) in [6, 6.07) is 0. The Bertz CT molecular complexity index is 347. The molecule has 0 aromatic rings. The van der Waals surface area contributed by atoms with Crippen molar-refractivity contribution < 1.29 is 14.7 Å². The normalized spacial score (nSPS) is 18.0. The Kier molecular flexibility index (Phi) is 6.69. The molecule has 1 aliphatic carbocycles. The average molecular weight is 297 g/mol. The summed E-state index contributed by atoms with van der Waals surface area (Å²) in [6.07, 6.45) is 4.39. The summed E-state index contributed by atoms with van der Waals surface area (Å²) in [4.78, 5) is 26.2. The van der Waals surface area contributed by atoms with Crippen LogP contribution in [0.5, 0.6) is 0 Å². The Labute approximate surface area is 128 Å². The fraction of sp³-hybridized carbons (Fsp3) is 0.882. The second kappa shape index (κ2) is 7.81. The van der Waals surface area contributed by atoms with Crippen LogP contribution in [0.3, 0.4) is 0 Å². The SMILES string of the molecule is CC(C)CN(CC(C)C)C(=O)CC1(C(=O)O)CCCCC1. The second-order valence-corrected chi connectivity index (χ2v) is 7.41. The molecule has 0 aromatic carbocycles. The van der Waals surface area contributed by atoms with Gasteiger partial charge in [0.05, 0.1) is 5.41 Å². The third-order valence-electron chi connectivity index (χ3n) is 4.28. The van der Waals surface area contributed by atoms with Gasteiger partial charge in [-0.15, -0.1) is 0 Å². The van der Waals surface area contributed by atoms with Crippen molar-refractivity contribution in [2.45, 2.75) is 66.2 Å². The van der Waals surface area contributed by atoms with Crippen LogP contribution in [0.15, 0.2) is 0 Å². The van der Waals surface area contributed by atoms with Crippen molar-refractivity contribution in [3.8, 4) is 0 Å². The van der Waals surface area contributed by atoms with E-state index in [1.807, 2.05) is 4.90 Å². The molecule has 0 bridgehead atoms. The van der Waals surface area contributed by atoms with Gasteiger partial charge in [-0.2, -0.15) is 0 Å². The van der Waals surface area contributed by atoms with Gasteiger partial charge >= 0.3 is 5.97 Å². The van der Waals surface area contributed by atoms with E-state index in [9.17, 15) is 14.7 Å². The van der Waals surface area contributed by atoms with Gasteiger partial charge in [0.1, 0.15) is 0 Å². The fourth-order valence-corrected chi connectivity index (χ4v) is 3.26. The Balaban J connectivity index is 2.79. The van der Waals surface area contributed by atoms with Crippen molar-refractivity contribution in [2.75, 3.05) is 13.1 Å². The molecule has 4 heteroatoms. The maximum absolute atomic E-state index is 12.7. The Hall–Kier alpha value is -1.06. The van der Waals surface area contributed by atoms with E-state index in [-0.39, 0.29) is 12.3 Å². The van der Waals surface area contributed by atoms with Gasteiger partial charge in [0, 0.05) is 19.5 Å². The molecule has 0 radical (unpaired) electrons. The van der Waals surface area contributed by atoms with Crippen LogP contribution in [0.25, 0.3) is 0 Å². The zero-order valence-corrected chi connectivity index (χ0v) is 14.0. The minimum absolute atomic E-state index is 0.0155. The smallest absolute Gasteiger partial charge is 0.310 e. The van der Waals surface area contributed by atoms with Crippen LogP contribution >= 0.6 is 0 Å². The third kappa shape index (κ3) is 5.33. The van der Waals surface area contributed by atoms with Gasteiger partial charge in [-0.1, -0.05) is 47.0 Å². The van der Waals surface area contributed by atoms with Crippen molar-refractivity contribution in [1.29, 1.82) is 0 Å². The number of carbonyl (C=O) groups is 2. The first-order valence-electron chi connectivity index (χ1n) is 8.28. The number of rotatable bonds is 7. The highest BCUT2D eigenvalue weighted by Gasteiger charge is 2.42. The summed E-state index contributed by atoms with van der Waals surface area (Å²) in [6.45, 7) is 9.80. The predicted molar refractivity (Wildman–Crippen MR) is 84.0 cm³/mol. The molecule has 4 nitrogen and oxygen atoms in total. The lowest BCUT2D eigenvalue weighted by molar-refractivity contribution is -0.156. The average Bonchev–Trinajstić information content (AvgIpc) is 2.37. The molecule has 0 aliphatic heterocycles. The molecule has 0 aromatic heterocycles. The Morgan fingerprint density at radius 1 is 1.00 bits per heavy atom. The van der Waals surface area contributed by atoms with Gasteiger partial charge in [0.15, 0.2) is 0 Å². The Morgan fingerprint density at radius 2 is 1.48 bits per heavy atom. The summed E-state index contributed by atoms with van der Waals surface area (Å²) in [5, 5.41) is 9.61. The molecule has 1 amide bonds. The first-order valence-corrected chi connectivity index (χ1v) is 8.28. The maximum atomic E-state index is 12.7. The largest absolute Gasteiger partial charge is 0.481 e. The van der Waals surface area contributed by atoms with E-state index >= 15 is 0 Å². The van der Waals surface area contributed by atoms with Crippen LogP contribution < -0.4 is 0 Å². The first kappa shape index (κ1) is 18.0. The van der Waals surface area contributed by atoms with E-state index < -0.39 is 11.4 Å². The number of hydrogen-bond acceptors (Lipinski definition) is 2. The van der Waals surface area contributed by atoms with Crippen molar-refractivity contribution in [2.24, 2.45) is 17.3 Å². The first-order chi connectivity index (χ1) is 9.77.